The van der Waals surface area contributed by atoms with Gasteiger partial charge in [-0.2, -0.15) is 0 Å². The zero-order valence-electron chi connectivity index (χ0n) is 8.22. The van der Waals surface area contributed by atoms with E-state index in [1.165, 1.54) is 5.56 Å². The standard InChI is InChI=1S/C11H16N2/c1-3-11(2)7-13-10-8(11)5-4-6-9(10)12/h4-6,13H,3,7,12H2,1-2H3/t11-/m0/s1. The second-order valence-corrected chi connectivity index (χ2v) is 4.04. The molecule has 0 fully saturated rings. The van der Waals surface area contributed by atoms with Crippen molar-refractivity contribution >= 4 is 11.4 Å². The molecule has 1 aliphatic heterocycles. The van der Waals surface area contributed by atoms with Crippen molar-refractivity contribution in [1.29, 1.82) is 0 Å². The molecule has 0 saturated heterocycles. The average Bonchev–Trinajstić information content (AvgIpc) is 2.47. The lowest BCUT2D eigenvalue weighted by Gasteiger charge is -2.21. The summed E-state index contributed by atoms with van der Waals surface area (Å²) >= 11 is 0. The van der Waals surface area contributed by atoms with Crippen molar-refractivity contribution < 1.29 is 0 Å². The summed E-state index contributed by atoms with van der Waals surface area (Å²) in [4.78, 5) is 0. The molecule has 1 aliphatic rings. The number of para-hydroxylation sites is 1. The summed E-state index contributed by atoms with van der Waals surface area (Å²) in [6, 6.07) is 6.16. The van der Waals surface area contributed by atoms with Crippen LogP contribution in [0.15, 0.2) is 18.2 Å². The molecule has 0 radical (unpaired) electrons. The van der Waals surface area contributed by atoms with Gasteiger partial charge in [-0.15, -0.1) is 0 Å². The second-order valence-electron chi connectivity index (χ2n) is 4.04. The van der Waals surface area contributed by atoms with Crippen LogP contribution in [0, 0.1) is 0 Å². The Balaban J connectivity index is 2.55. The van der Waals surface area contributed by atoms with Gasteiger partial charge in [0.25, 0.3) is 0 Å². The zero-order chi connectivity index (χ0) is 9.47. The molecule has 0 aromatic heterocycles. The Labute approximate surface area is 79.1 Å². The zero-order valence-corrected chi connectivity index (χ0v) is 8.22. The number of anilines is 2. The first kappa shape index (κ1) is 8.42. The Morgan fingerprint density at radius 2 is 2.31 bits per heavy atom. The number of benzene rings is 1. The van der Waals surface area contributed by atoms with Crippen LogP contribution in [0.1, 0.15) is 25.8 Å². The van der Waals surface area contributed by atoms with Crippen LogP contribution in [-0.4, -0.2) is 6.54 Å². The van der Waals surface area contributed by atoms with Gasteiger partial charge < -0.3 is 11.1 Å². The van der Waals surface area contributed by atoms with Gasteiger partial charge in [-0.05, 0) is 18.1 Å². The van der Waals surface area contributed by atoms with Crippen molar-refractivity contribution in [2.24, 2.45) is 0 Å². The second kappa shape index (κ2) is 2.66. The first-order chi connectivity index (χ1) is 6.17. The van der Waals surface area contributed by atoms with E-state index in [-0.39, 0.29) is 5.41 Å². The Hall–Kier alpha value is -1.18. The lowest BCUT2D eigenvalue weighted by molar-refractivity contribution is 0.504. The molecule has 0 bridgehead atoms. The molecule has 0 spiro atoms. The molecule has 1 heterocycles. The number of fused-ring (bicyclic) bond motifs is 1. The van der Waals surface area contributed by atoms with E-state index < -0.39 is 0 Å². The van der Waals surface area contributed by atoms with Gasteiger partial charge in [0.05, 0.1) is 11.4 Å². The van der Waals surface area contributed by atoms with Gasteiger partial charge in [-0.25, -0.2) is 0 Å². The summed E-state index contributed by atoms with van der Waals surface area (Å²) in [5, 5.41) is 3.38. The van der Waals surface area contributed by atoms with Crippen molar-refractivity contribution in [3.63, 3.8) is 0 Å². The lowest BCUT2D eigenvalue weighted by atomic mass is 9.82. The van der Waals surface area contributed by atoms with Crippen LogP contribution in [0.25, 0.3) is 0 Å². The third kappa shape index (κ3) is 1.09. The van der Waals surface area contributed by atoms with Crippen LogP contribution in [-0.2, 0) is 5.41 Å². The van der Waals surface area contributed by atoms with Gasteiger partial charge in [0, 0.05) is 12.0 Å². The topological polar surface area (TPSA) is 38.0 Å². The fourth-order valence-electron chi connectivity index (χ4n) is 1.96. The van der Waals surface area contributed by atoms with E-state index in [2.05, 4.69) is 25.2 Å². The fraction of sp³-hybridized carbons (Fsp3) is 0.455. The van der Waals surface area contributed by atoms with Gasteiger partial charge in [-0.1, -0.05) is 26.0 Å². The van der Waals surface area contributed by atoms with E-state index in [9.17, 15) is 0 Å². The highest BCUT2D eigenvalue weighted by atomic mass is 14.9. The average molecular weight is 176 g/mol. The summed E-state index contributed by atoms with van der Waals surface area (Å²) in [7, 11) is 0. The third-order valence-corrected chi connectivity index (χ3v) is 3.18. The molecule has 0 saturated carbocycles. The minimum absolute atomic E-state index is 0.269. The number of hydrogen-bond donors (Lipinski definition) is 2. The predicted molar refractivity (Wildman–Crippen MR) is 57.0 cm³/mol. The highest BCUT2D eigenvalue weighted by molar-refractivity contribution is 5.74. The highest BCUT2D eigenvalue weighted by Crippen LogP contribution is 2.41. The smallest absolute Gasteiger partial charge is 0.0613 e. The summed E-state index contributed by atoms with van der Waals surface area (Å²) in [6.07, 6.45) is 1.15. The SMILES string of the molecule is CC[C@@]1(C)CNc2c(N)cccc21. The number of hydrogen-bond acceptors (Lipinski definition) is 2. The fourth-order valence-corrected chi connectivity index (χ4v) is 1.96. The predicted octanol–water partition coefficient (Wildman–Crippen LogP) is 2.36. The first-order valence-corrected chi connectivity index (χ1v) is 4.80. The van der Waals surface area contributed by atoms with Crippen molar-refractivity contribution in [2.75, 3.05) is 17.6 Å². The summed E-state index contributed by atoms with van der Waals surface area (Å²) in [6.45, 7) is 5.51. The molecule has 0 aliphatic carbocycles. The summed E-state index contributed by atoms with van der Waals surface area (Å²) < 4.78 is 0. The molecule has 1 aromatic rings. The van der Waals surface area contributed by atoms with Crippen LogP contribution >= 0.6 is 0 Å². The number of nitrogens with two attached hydrogens (primary N) is 1. The molecule has 2 nitrogen and oxygen atoms in total. The Bertz CT molecular complexity index is 333. The maximum atomic E-state index is 5.89. The van der Waals surface area contributed by atoms with E-state index in [0.29, 0.717) is 0 Å². The van der Waals surface area contributed by atoms with Crippen molar-refractivity contribution in [3.05, 3.63) is 23.8 Å². The number of nitrogen functional groups attached to an aromatic ring is 1. The van der Waals surface area contributed by atoms with Crippen LogP contribution < -0.4 is 11.1 Å². The van der Waals surface area contributed by atoms with E-state index in [1.807, 2.05) is 12.1 Å². The molecule has 2 heteroatoms. The van der Waals surface area contributed by atoms with Crippen LogP contribution in [0.5, 0.6) is 0 Å². The Morgan fingerprint density at radius 1 is 1.54 bits per heavy atom. The normalized spacial score (nSPS) is 25.4. The molecule has 70 valence electrons. The molecular formula is C11H16N2. The largest absolute Gasteiger partial charge is 0.397 e. The van der Waals surface area contributed by atoms with Crippen LogP contribution in [0.3, 0.4) is 0 Å². The van der Waals surface area contributed by atoms with Crippen LogP contribution in [0.2, 0.25) is 0 Å². The van der Waals surface area contributed by atoms with Crippen LogP contribution in [0.4, 0.5) is 11.4 Å². The van der Waals surface area contributed by atoms with Crippen molar-refractivity contribution in [1.82, 2.24) is 0 Å². The van der Waals surface area contributed by atoms with Gasteiger partial charge in [0.15, 0.2) is 0 Å². The number of rotatable bonds is 1. The molecule has 0 unspecified atom stereocenters. The molecule has 0 amide bonds. The quantitative estimate of drug-likeness (QED) is 0.645. The van der Waals surface area contributed by atoms with E-state index in [1.54, 1.807) is 0 Å². The minimum atomic E-state index is 0.269. The van der Waals surface area contributed by atoms with E-state index in [0.717, 1.165) is 24.3 Å². The summed E-state index contributed by atoms with van der Waals surface area (Å²) in [5.74, 6) is 0. The number of nitrogens with one attached hydrogen (secondary N) is 1. The van der Waals surface area contributed by atoms with Crippen molar-refractivity contribution in [2.45, 2.75) is 25.7 Å². The highest BCUT2D eigenvalue weighted by Gasteiger charge is 2.33. The molecule has 1 atom stereocenters. The Morgan fingerprint density at radius 3 is 3.00 bits per heavy atom. The summed E-state index contributed by atoms with van der Waals surface area (Å²) in [5.41, 5.74) is 9.54. The maximum Gasteiger partial charge on any atom is 0.0613 e. The first-order valence-electron chi connectivity index (χ1n) is 4.80. The monoisotopic (exact) mass is 176 g/mol. The van der Waals surface area contributed by atoms with Gasteiger partial charge in [0.1, 0.15) is 0 Å². The maximum absolute atomic E-state index is 5.89. The van der Waals surface area contributed by atoms with E-state index >= 15 is 0 Å². The third-order valence-electron chi connectivity index (χ3n) is 3.18. The van der Waals surface area contributed by atoms with Gasteiger partial charge in [-0.3, -0.25) is 0 Å². The lowest BCUT2D eigenvalue weighted by Crippen LogP contribution is -2.22. The molecule has 13 heavy (non-hydrogen) atoms. The van der Waals surface area contributed by atoms with Gasteiger partial charge >= 0.3 is 0 Å². The van der Waals surface area contributed by atoms with Gasteiger partial charge in [0.2, 0.25) is 0 Å². The molecule has 2 rings (SSSR count). The van der Waals surface area contributed by atoms with Crippen molar-refractivity contribution in [3.8, 4) is 0 Å². The Kier molecular flexibility index (Phi) is 1.72. The molecule has 1 aromatic carbocycles. The molecular weight excluding hydrogens is 160 g/mol. The van der Waals surface area contributed by atoms with E-state index in [4.69, 9.17) is 5.73 Å². The molecule has 3 N–H and O–H groups in total. The minimum Gasteiger partial charge on any atom is -0.397 e.